The molecule has 0 amide bonds. The van der Waals surface area contributed by atoms with Crippen LogP contribution in [0, 0.1) is 13.8 Å². The fourth-order valence-electron chi connectivity index (χ4n) is 6.42. The minimum Gasteiger partial charge on any atom is -0.379 e. The molecule has 2 aromatic heterocycles. The quantitative estimate of drug-likeness (QED) is 0.172. The highest BCUT2D eigenvalue weighted by atomic mass is 16.5. The first-order chi connectivity index (χ1) is 21.0. The molecule has 1 aliphatic heterocycles. The second-order valence-electron chi connectivity index (χ2n) is 12.0. The van der Waals surface area contributed by atoms with Gasteiger partial charge in [0.05, 0.1) is 44.2 Å². The van der Waals surface area contributed by atoms with Gasteiger partial charge in [-0.2, -0.15) is 5.10 Å². The minimum atomic E-state index is -0.970. The summed E-state index contributed by atoms with van der Waals surface area (Å²) < 4.78 is 13.5. The number of ether oxygens (including phenoxy) is 2. The maximum Gasteiger partial charge on any atom is 0.252 e. The highest BCUT2D eigenvalue weighted by molar-refractivity contribution is 5.88. The van der Waals surface area contributed by atoms with E-state index in [-0.39, 0.29) is 12.1 Å². The summed E-state index contributed by atoms with van der Waals surface area (Å²) in [4.78, 5) is 17.8. The van der Waals surface area contributed by atoms with Crippen molar-refractivity contribution in [1.82, 2.24) is 25.0 Å². The molecule has 6 rings (SSSR count). The van der Waals surface area contributed by atoms with Crippen LogP contribution in [-0.4, -0.2) is 64.2 Å². The smallest absolute Gasteiger partial charge is 0.252 e. The largest absolute Gasteiger partial charge is 0.379 e. The summed E-state index contributed by atoms with van der Waals surface area (Å²) in [6.07, 6.45) is 5.56. The summed E-state index contributed by atoms with van der Waals surface area (Å²) >= 11 is 0. The molecule has 1 saturated heterocycles. The van der Waals surface area contributed by atoms with E-state index in [0.29, 0.717) is 24.8 Å². The summed E-state index contributed by atoms with van der Waals surface area (Å²) in [5.74, 6) is 0. The molecule has 0 radical (unpaired) electrons. The molecular weight excluding hydrogens is 542 g/mol. The van der Waals surface area contributed by atoms with Gasteiger partial charge in [0, 0.05) is 48.4 Å². The zero-order chi connectivity index (χ0) is 29.8. The van der Waals surface area contributed by atoms with E-state index >= 15 is 0 Å². The van der Waals surface area contributed by atoms with Crippen molar-refractivity contribution in [2.24, 2.45) is 0 Å². The number of H-pyrrole nitrogens is 1. The number of aliphatic hydroxyl groups is 1. The molecule has 9 nitrogen and oxygen atoms in total. The Morgan fingerprint density at radius 3 is 2.60 bits per heavy atom. The maximum atomic E-state index is 12.6. The Kier molecular flexibility index (Phi) is 9.35. The Bertz CT molecular complexity index is 1580. The normalized spacial score (nSPS) is 17.2. The summed E-state index contributed by atoms with van der Waals surface area (Å²) in [6.45, 7) is 9.79. The van der Waals surface area contributed by atoms with Crippen LogP contribution in [0.4, 0.5) is 0 Å². The van der Waals surface area contributed by atoms with Gasteiger partial charge in [-0.05, 0) is 67.1 Å². The lowest BCUT2D eigenvalue weighted by Crippen LogP contribution is -2.38. The second-order valence-corrected chi connectivity index (χ2v) is 12.0. The second kappa shape index (κ2) is 13.5. The molecule has 9 heteroatoms. The molecule has 4 aromatic rings. The Balaban J connectivity index is 1.22. The first-order valence-electron chi connectivity index (χ1n) is 15.6. The Morgan fingerprint density at radius 1 is 1.09 bits per heavy atom. The summed E-state index contributed by atoms with van der Waals surface area (Å²) in [5.41, 5.74) is 7.23. The van der Waals surface area contributed by atoms with Gasteiger partial charge in [0.1, 0.15) is 6.23 Å². The lowest BCUT2D eigenvalue weighted by atomic mass is 9.98. The SMILES string of the molecule is Cc1cc(C)c(CNC(O)c2cc(-c3ccc(COCCN4CCOCC4)cc3)cc3c2cnn3C2CCCC2)c(=O)[nH]1. The molecule has 43 heavy (non-hydrogen) atoms. The van der Waals surface area contributed by atoms with Crippen molar-refractivity contribution in [3.8, 4) is 11.1 Å². The van der Waals surface area contributed by atoms with Crippen molar-refractivity contribution in [3.63, 3.8) is 0 Å². The molecule has 3 heterocycles. The number of aromatic nitrogens is 3. The van der Waals surface area contributed by atoms with Gasteiger partial charge in [-0.1, -0.05) is 37.1 Å². The topological polar surface area (TPSA) is 105 Å². The molecular formula is C34H43N5O4. The molecule has 1 aliphatic carbocycles. The van der Waals surface area contributed by atoms with Crippen LogP contribution in [0.2, 0.25) is 0 Å². The predicted octanol–water partition coefficient (Wildman–Crippen LogP) is 4.75. The molecule has 2 fully saturated rings. The third-order valence-electron chi connectivity index (χ3n) is 8.89. The fraction of sp³-hybridized carbons (Fsp3) is 0.471. The van der Waals surface area contributed by atoms with Gasteiger partial charge in [0.2, 0.25) is 0 Å². The van der Waals surface area contributed by atoms with Gasteiger partial charge in [-0.25, -0.2) is 0 Å². The number of morpholine rings is 1. The Labute approximate surface area is 252 Å². The van der Waals surface area contributed by atoms with Crippen molar-refractivity contribution in [3.05, 3.63) is 87.0 Å². The van der Waals surface area contributed by atoms with E-state index in [0.717, 1.165) is 90.1 Å². The standard InChI is InChI=1S/C34H43N5O4/c1-23-17-24(2)37-34(41)30(23)20-35-33(40)29-18-27(19-32-31(29)21-36-39(32)28-5-3-4-6-28)26-9-7-25(8-10-26)22-43-16-13-38-11-14-42-15-12-38/h7-10,17-19,21,28,33,35,40H,3-6,11-16,20,22H2,1-2H3,(H,37,41). The average molecular weight is 586 g/mol. The zero-order valence-electron chi connectivity index (χ0n) is 25.3. The third-order valence-corrected chi connectivity index (χ3v) is 8.89. The molecule has 0 bridgehead atoms. The van der Waals surface area contributed by atoms with E-state index in [1.54, 1.807) is 0 Å². The van der Waals surface area contributed by atoms with Crippen molar-refractivity contribution in [1.29, 1.82) is 0 Å². The number of benzene rings is 2. The van der Waals surface area contributed by atoms with Crippen molar-refractivity contribution < 1.29 is 14.6 Å². The van der Waals surface area contributed by atoms with Crippen LogP contribution < -0.4 is 10.9 Å². The number of nitrogens with one attached hydrogen (secondary N) is 2. The minimum absolute atomic E-state index is 0.129. The number of aliphatic hydroxyl groups excluding tert-OH is 1. The van der Waals surface area contributed by atoms with Gasteiger partial charge in [-0.3, -0.25) is 19.7 Å². The maximum absolute atomic E-state index is 12.6. The number of hydrogen-bond acceptors (Lipinski definition) is 7. The first kappa shape index (κ1) is 29.7. The number of rotatable bonds is 11. The molecule has 1 unspecified atom stereocenters. The van der Waals surface area contributed by atoms with Gasteiger partial charge in [0.25, 0.3) is 5.56 Å². The number of aryl methyl sites for hydroxylation is 2. The monoisotopic (exact) mass is 585 g/mol. The number of nitrogens with zero attached hydrogens (tertiary/aromatic N) is 3. The molecule has 2 aromatic carbocycles. The zero-order valence-corrected chi connectivity index (χ0v) is 25.3. The lowest BCUT2D eigenvalue weighted by molar-refractivity contribution is 0.0180. The average Bonchev–Trinajstić information content (AvgIpc) is 3.69. The van der Waals surface area contributed by atoms with Crippen LogP contribution in [0.15, 0.2) is 53.5 Å². The molecule has 2 aliphatic rings. The molecule has 3 N–H and O–H groups in total. The van der Waals surface area contributed by atoms with Gasteiger partial charge < -0.3 is 19.6 Å². The number of aromatic amines is 1. The van der Waals surface area contributed by atoms with Gasteiger partial charge in [0.15, 0.2) is 0 Å². The van der Waals surface area contributed by atoms with Crippen LogP contribution in [0.1, 0.15) is 65.9 Å². The first-order valence-corrected chi connectivity index (χ1v) is 15.6. The lowest BCUT2D eigenvalue weighted by Gasteiger charge is -2.26. The summed E-state index contributed by atoms with van der Waals surface area (Å²) in [7, 11) is 0. The van der Waals surface area contributed by atoms with E-state index in [9.17, 15) is 9.90 Å². The number of hydrogen-bond donors (Lipinski definition) is 3. The Morgan fingerprint density at radius 2 is 1.86 bits per heavy atom. The predicted molar refractivity (Wildman–Crippen MR) is 168 cm³/mol. The number of fused-ring (bicyclic) bond motifs is 1. The molecule has 1 atom stereocenters. The van der Waals surface area contributed by atoms with Crippen molar-refractivity contribution in [2.75, 3.05) is 39.5 Å². The van der Waals surface area contributed by atoms with Gasteiger partial charge >= 0.3 is 0 Å². The van der Waals surface area contributed by atoms with E-state index in [1.807, 2.05) is 32.2 Å². The highest BCUT2D eigenvalue weighted by Crippen LogP contribution is 2.36. The van der Waals surface area contributed by atoms with E-state index < -0.39 is 6.23 Å². The van der Waals surface area contributed by atoms with Crippen LogP contribution in [0.3, 0.4) is 0 Å². The molecule has 0 spiro atoms. The van der Waals surface area contributed by atoms with E-state index in [4.69, 9.17) is 14.6 Å². The molecule has 1 saturated carbocycles. The van der Waals surface area contributed by atoms with Crippen molar-refractivity contribution in [2.45, 2.75) is 65.0 Å². The van der Waals surface area contributed by atoms with E-state index in [2.05, 4.69) is 50.2 Å². The number of pyridine rings is 1. The van der Waals surface area contributed by atoms with Gasteiger partial charge in [-0.15, -0.1) is 0 Å². The van der Waals surface area contributed by atoms with E-state index in [1.165, 1.54) is 12.8 Å². The fourth-order valence-corrected chi connectivity index (χ4v) is 6.42. The van der Waals surface area contributed by atoms with Crippen molar-refractivity contribution >= 4 is 10.9 Å². The Hall–Kier alpha value is -3.34. The van der Waals surface area contributed by atoms with Crippen LogP contribution >= 0.6 is 0 Å². The summed E-state index contributed by atoms with van der Waals surface area (Å²) in [5, 5.41) is 20.4. The molecule has 228 valence electrons. The van der Waals surface area contributed by atoms with Crippen LogP contribution in [0.5, 0.6) is 0 Å². The van der Waals surface area contributed by atoms with Crippen LogP contribution in [-0.2, 0) is 22.6 Å². The third kappa shape index (κ3) is 6.92. The van der Waals surface area contributed by atoms with Crippen LogP contribution in [0.25, 0.3) is 22.0 Å². The summed E-state index contributed by atoms with van der Waals surface area (Å²) in [6, 6.07) is 15.0. The highest BCUT2D eigenvalue weighted by Gasteiger charge is 2.23.